The minimum atomic E-state index is -4.89. The molecule has 0 bridgehead atoms. The van der Waals surface area contributed by atoms with Gasteiger partial charge in [0.2, 0.25) is 5.91 Å². The molecular formula is C24H34F3N3O5S. The molecule has 12 heteroatoms. The highest BCUT2D eigenvalue weighted by Crippen LogP contribution is 2.35. The maximum absolute atomic E-state index is 13.2. The van der Waals surface area contributed by atoms with E-state index in [9.17, 15) is 31.2 Å². The number of carbonyl (C=O) groups excluding carboxylic acids is 2. The first-order valence-electron chi connectivity index (χ1n) is 12.0. The predicted octanol–water partition coefficient (Wildman–Crippen LogP) is 2.84. The summed E-state index contributed by atoms with van der Waals surface area (Å²) in [7, 11) is -1.25. The molecule has 4 atom stereocenters. The number of hydrogen-bond donors (Lipinski definition) is 1. The average molecular weight is 534 g/mol. The van der Waals surface area contributed by atoms with Crippen molar-refractivity contribution in [3.8, 4) is 5.75 Å². The number of alkyl halides is 3. The van der Waals surface area contributed by atoms with Crippen molar-refractivity contribution in [2.45, 2.75) is 70.1 Å². The first-order valence-corrected chi connectivity index (χ1v) is 14.1. The Kier molecular flexibility index (Phi) is 8.59. The highest BCUT2D eigenvalue weighted by Gasteiger charge is 2.43. The number of ether oxygens (including phenoxy) is 1. The van der Waals surface area contributed by atoms with E-state index in [4.69, 9.17) is 0 Å². The van der Waals surface area contributed by atoms with Crippen LogP contribution in [0.5, 0.6) is 5.75 Å². The van der Waals surface area contributed by atoms with Crippen molar-refractivity contribution >= 4 is 21.7 Å². The third kappa shape index (κ3) is 7.34. The van der Waals surface area contributed by atoms with Gasteiger partial charge in [0.1, 0.15) is 21.6 Å². The number of halogens is 3. The molecule has 0 spiro atoms. The van der Waals surface area contributed by atoms with E-state index in [1.807, 2.05) is 7.05 Å². The zero-order chi connectivity index (χ0) is 26.8. The summed E-state index contributed by atoms with van der Waals surface area (Å²) in [6.07, 6.45) is -1.22. The first kappa shape index (κ1) is 28.2. The SMILES string of the molecule is CC(C)N(C)[C@@H]1CC[C@H](N2CCC(NC(=O)c3cccc(OC(F)(F)F)c3)C2=O)[C@H](CS(C)(=O)=O)C1. The Morgan fingerprint density at radius 2 is 1.94 bits per heavy atom. The Labute approximate surface area is 210 Å². The number of likely N-dealkylation sites (tertiary alicyclic amines) is 1. The lowest BCUT2D eigenvalue weighted by Crippen LogP contribution is -2.53. The van der Waals surface area contributed by atoms with Crippen LogP contribution in [-0.4, -0.2) is 86.2 Å². The van der Waals surface area contributed by atoms with E-state index >= 15 is 0 Å². The van der Waals surface area contributed by atoms with Crippen LogP contribution in [0, 0.1) is 5.92 Å². The summed E-state index contributed by atoms with van der Waals surface area (Å²) < 4.78 is 65.7. The van der Waals surface area contributed by atoms with Gasteiger partial charge in [-0.1, -0.05) is 6.07 Å². The van der Waals surface area contributed by atoms with Gasteiger partial charge >= 0.3 is 6.36 Å². The molecule has 1 saturated heterocycles. The van der Waals surface area contributed by atoms with Crippen LogP contribution >= 0.6 is 0 Å². The summed E-state index contributed by atoms with van der Waals surface area (Å²) in [5.41, 5.74) is -0.0600. The molecular weight excluding hydrogens is 499 g/mol. The number of nitrogens with one attached hydrogen (secondary N) is 1. The van der Waals surface area contributed by atoms with Gasteiger partial charge in [0, 0.05) is 36.5 Å². The van der Waals surface area contributed by atoms with Gasteiger partial charge in [0.25, 0.3) is 5.91 Å². The maximum atomic E-state index is 13.2. The fraction of sp³-hybridized carbons (Fsp3) is 0.667. The lowest BCUT2D eigenvalue weighted by molar-refractivity contribution is -0.274. The normalized spacial score (nSPS) is 25.5. The van der Waals surface area contributed by atoms with Crippen LogP contribution in [0.15, 0.2) is 24.3 Å². The van der Waals surface area contributed by atoms with E-state index in [-0.39, 0.29) is 35.2 Å². The van der Waals surface area contributed by atoms with Crippen LogP contribution in [0.1, 0.15) is 49.9 Å². The summed E-state index contributed by atoms with van der Waals surface area (Å²) >= 11 is 0. The van der Waals surface area contributed by atoms with E-state index in [0.29, 0.717) is 31.8 Å². The number of hydrogen-bond acceptors (Lipinski definition) is 6. The standard InChI is InChI=1S/C24H34F3N3O5S/c1-15(2)29(3)18-8-9-21(17(12-18)14-36(4,33)34)30-11-10-20(23(30)32)28-22(31)16-6-5-7-19(13-16)35-24(25,26)27/h5-7,13,15,17-18,20-21H,8-12,14H2,1-4H3,(H,28,31)/t17-,18+,20?,21-/m0/s1. The summed E-state index contributed by atoms with van der Waals surface area (Å²) in [6.45, 7) is 4.54. The van der Waals surface area contributed by atoms with E-state index in [1.54, 1.807) is 4.90 Å². The lowest BCUT2D eigenvalue weighted by Gasteiger charge is -2.44. The third-order valence-corrected chi connectivity index (χ3v) is 8.13. The fourth-order valence-corrected chi connectivity index (χ4v) is 6.37. The van der Waals surface area contributed by atoms with E-state index < -0.39 is 33.9 Å². The monoisotopic (exact) mass is 533 g/mol. The highest BCUT2D eigenvalue weighted by molar-refractivity contribution is 7.90. The zero-order valence-electron chi connectivity index (χ0n) is 20.9. The molecule has 2 aliphatic rings. The van der Waals surface area contributed by atoms with Crippen molar-refractivity contribution in [3.63, 3.8) is 0 Å². The molecule has 0 radical (unpaired) electrons. The van der Waals surface area contributed by atoms with Gasteiger partial charge in [-0.2, -0.15) is 0 Å². The van der Waals surface area contributed by atoms with Gasteiger partial charge in [0.05, 0.1) is 5.75 Å². The molecule has 1 aliphatic carbocycles. The van der Waals surface area contributed by atoms with Crippen molar-refractivity contribution in [2.24, 2.45) is 5.92 Å². The summed E-state index contributed by atoms with van der Waals surface area (Å²) in [5, 5.41) is 2.62. The Balaban J connectivity index is 1.70. The van der Waals surface area contributed by atoms with Gasteiger partial charge in [-0.15, -0.1) is 13.2 Å². The van der Waals surface area contributed by atoms with Gasteiger partial charge in [0.15, 0.2) is 0 Å². The lowest BCUT2D eigenvalue weighted by atomic mass is 9.81. The van der Waals surface area contributed by atoms with Crippen LogP contribution in [0.3, 0.4) is 0 Å². The molecule has 36 heavy (non-hydrogen) atoms. The van der Waals surface area contributed by atoms with Crippen LogP contribution < -0.4 is 10.1 Å². The molecule has 3 rings (SSSR count). The molecule has 1 unspecified atom stereocenters. The molecule has 1 heterocycles. The summed E-state index contributed by atoms with van der Waals surface area (Å²) in [5.74, 6) is -1.76. The van der Waals surface area contributed by atoms with Crippen LogP contribution in [0.2, 0.25) is 0 Å². The van der Waals surface area contributed by atoms with Crippen molar-refractivity contribution in [1.29, 1.82) is 0 Å². The van der Waals surface area contributed by atoms with Crippen LogP contribution in [0.25, 0.3) is 0 Å². The molecule has 1 aliphatic heterocycles. The van der Waals surface area contributed by atoms with Crippen molar-refractivity contribution < 1.29 is 35.9 Å². The smallest absolute Gasteiger partial charge is 0.406 e. The van der Waals surface area contributed by atoms with Crippen molar-refractivity contribution in [1.82, 2.24) is 15.1 Å². The van der Waals surface area contributed by atoms with Crippen LogP contribution in [-0.2, 0) is 14.6 Å². The second kappa shape index (κ2) is 11.0. The second-order valence-corrected chi connectivity index (χ2v) is 12.3. The zero-order valence-corrected chi connectivity index (χ0v) is 21.7. The summed E-state index contributed by atoms with van der Waals surface area (Å²) in [4.78, 5) is 29.8. The fourth-order valence-electron chi connectivity index (χ4n) is 5.23. The Morgan fingerprint density at radius 1 is 1.25 bits per heavy atom. The molecule has 2 fully saturated rings. The second-order valence-electron chi connectivity index (χ2n) is 10.1. The summed E-state index contributed by atoms with van der Waals surface area (Å²) in [6, 6.07) is 4.09. The molecule has 1 saturated carbocycles. The first-order chi connectivity index (χ1) is 16.6. The van der Waals surface area contributed by atoms with E-state index in [1.165, 1.54) is 18.4 Å². The van der Waals surface area contributed by atoms with Gasteiger partial charge < -0.3 is 19.9 Å². The van der Waals surface area contributed by atoms with Crippen molar-refractivity contribution in [3.05, 3.63) is 29.8 Å². The van der Waals surface area contributed by atoms with Gasteiger partial charge in [-0.3, -0.25) is 9.59 Å². The Morgan fingerprint density at radius 3 is 2.56 bits per heavy atom. The number of sulfone groups is 1. The maximum Gasteiger partial charge on any atom is 0.573 e. The molecule has 8 nitrogen and oxygen atoms in total. The number of amides is 2. The topological polar surface area (TPSA) is 96.0 Å². The molecule has 1 N–H and O–H groups in total. The molecule has 2 amide bonds. The average Bonchev–Trinajstić information content (AvgIpc) is 3.10. The molecule has 1 aromatic carbocycles. The molecule has 0 aromatic heterocycles. The Bertz CT molecular complexity index is 1060. The number of nitrogens with zero attached hydrogens (tertiary/aromatic N) is 2. The molecule has 1 aromatic rings. The number of carbonyl (C=O) groups is 2. The van der Waals surface area contributed by atoms with Crippen molar-refractivity contribution in [2.75, 3.05) is 25.6 Å². The Hall–Kier alpha value is -2.34. The third-order valence-electron chi connectivity index (χ3n) is 7.10. The minimum Gasteiger partial charge on any atom is -0.406 e. The van der Waals surface area contributed by atoms with E-state index in [0.717, 1.165) is 18.6 Å². The predicted molar refractivity (Wildman–Crippen MR) is 128 cm³/mol. The minimum absolute atomic E-state index is 0.0209. The van der Waals surface area contributed by atoms with Crippen LogP contribution in [0.4, 0.5) is 13.2 Å². The number of benzene rings is 1. The number of rotatable bonds is 8. The van der Waals surface area contributed by atoms with Gasteiger partial charge in [-0.05, 0) is 70.7 Å². The van der Waals surface area contributed by atoms with E-state index in [2.05, 4.69) is 28.8 Å². The molecule has 202 valence electrons. The largest absolute Gasteiger partial charge is 0.573 e. The quantitative estimate of drug-likeness (QED) is 0.552. The highest BCUT2D eigenvalue weighted by atomic mass is 32.2. The van der Waals surface area contributed by atoms with Gasteiger partial charge in [-0.25, -0.2) is 8.42 Å².